The van der Waals surface area contributed by atoms with E-state index in [1.165, 1.54) is 0 Å². The molecular formula is C46H60F4N6O4. The molecule has 4 fully saturated rings. The van der Waals surface area contributed by atoms with Gasteiger partial charge in [-0.2, -0.15) is 0 Å². The zero-order valence-electron chi connectivity index (χ0n) is 35.8. The van der Waals surface area contributed by atoms with Crippen molar-refractivity contribution in [3.8, 4) is 0 Å². The zero-order chi connectivity index (χ0) is 43.4. The van der Waals surface area contributed by atoms with Gasteiger partial charge in [0.15, 0.2) is 0 Å². The first-order chi connectivity index (χ1) is 28.1. The van der Waals surface area contributed by atoms with Crippen LogP contribution in [0.5, 0.6) is 0 Å². The number of aromatic carboxylic acids is 1. The molecule has 0 radical (unpaired) electrons. The summed E-state index contributed by atoms with van der Waals surface area (Å²) in [5.41, 5.74) is 3.53. The van der Waals surface area contributed by atoms with Crippen LogP contribution in [0.1, 0.15) is 145 Å². The highest BCUT2D eigenvalue weighted by molar-refractivity contribution is 5.98. The first kappa shape index (κ1) is 43.6. The molecule has 1 atom stereocenters. The van der Waals surface area contributed by atoms with Crippen molar-refractivity contribution in [2.24, 2.45) is 17.8 Å². The topological polar surface area (TPSA) is 122 Å². The second-order valence-electron chi connectivity index (χ2n) is 19.9. The number of carboxylic acids is 1. The van der Waals surface area contributed by atoms with Crippen molar-refractivity contribution >= 4 is 39.9 Å². The van der Waals surface area contributed by atoms with Crippen LogP contribution in [0.4, 0.5) is 17.6 Å². The lowest BCUT2D eigenvalue weighted by Gasteiger charge is -2.30. The number of nitrogens with zero attached hydrogens (tertiary/aromatic N) is 5. The fourth-order valence-corrected chi connectivity index (χ4v) is 9.01. The molecule has 8 rings (SSSR count). The summed E-state index contributed by atoms with van der Waals surface area (Å²) in [5.74, 6) is -4.05. The molecule has 60 heavy (non-hydrogen) atoms. The van der Waals surface area contributed by atoms with Crippen molar-refractivity contribution in [2.45, 2.75) is 154 Å². The number of carbonyl (C=O) groups excluding carboxylic acids is 2. The Kier molecular flexibility index (Phi) is 11.9. The fraction of sp³-hybridized carbons (Fsp3) is 0.630. The van der Waals surface area contributed by atoms with Crippen molar-refractivity contribution in [2.75, 3.05) is 13.1 Å². The highest BCUT2D eigenvalue weighted by atomic mass is 19.3. The minimum Gasteiger partial charge on any atom is -0.478 e. The SMILES string of the molecule is CC(C)(C)c1nc2cc(C(=O)N3CCC(C(=O)NC4CC4)C3)ccc2n1CC1CCC(F)(F)CC1.CC(C)(C)c1nc2cc(C(=O)O)ccc2n1CC1CCC(F)(F)CC1. The molecule has 3 aliphatic carbocycles. The average Bonchev–Trinajstić information content (AvgIpc) is 3.54. The van der Waals surface area contributed by atoms with Crippen molar-refractivity contribution < 1.29 is 37.1 Å². The minimum absolute atomic E-state index is 0.0523. The normalized spacial score (nSPS) is 21.2. The van der Waals surface area contributed by atoms with E-state index in [9.17, 15) is 37.1 Å². The number of hydrogen-bond acceptors (Lipinski definition) is 5. The molecule has 2 aromatic carbocycles. The van der Waals surface area contributed by atoms with Crippen LogP contribution in [0, 0.1) is 17.8 Å². The second kappa shape index (κ2) is 16.4. The van der Waals surface area contributed by atoms with Crippen molar-refractivity contribution in [3.05, 3.63) is 59.2 Å². The van der Waals surface area contributed by atoms with E-state index in [1.54, 1.807) is 23.1 Å². The fourth-order valence-electron chi connectivity index (χ4n) is 9.01. The second-order valence-corrected chi connectivity index (χ2v) is 19.9. The lowest BCUT2D eigenvalue weighted by molar-refractivity contribution is -0.124. The van der Waals surface area contributed by atoms with E-state index in [0.717, 1.165) is 41.0 Å². The van der Waals surface area contributed by atoms with Gasteiger partial charge in [-0.25, -0.2) is 32.3 Å². The Bertz CT molecular complexity index is 2230. The van der Waals surface area contributed by atoms with Crippen molar-refractivity contribution in [3.63, 3.8) is 0 Å². The monoisotopic (exact) mass is 836 g/mol. The lowest BCUT2D eigenvalue weighted by atomic mass is 9.86. The highest BCUT2D eigenvalue weighted by Gasteiger charge is 2.38. The highest BCUT2D eigenvalue weighted by Crippen LogP contribution is 2.40. The molecule has 1 saturated heterocycles. The molecule has 326 valence electrons. The Hall–Kier alpha value is -4.49. The first-order valence-electron chi connectivity index (χ1n) is 21.7. The number of carboxylic acid groups (broad SMARTS) is 1. The van der Waals surface area contributed by atoms with Crippen LogP contribution < -0.4 is 5.32 Å². The van der Waals surface area contributed by atoms with Gasteiger partial charge < -0.3 is 24.5 Å². The van der Waals surface area contributed by atoms with E-state index in [1.807, 2.05) is 18.2 Å². The maximum atomic E-state index is 13.7. The van der Waals surface area contributed by atoms with Gasteiger partial charge in [0.05, 0.1) is 33.5 Å². The summed E-state index contributed by atoms with van der Waals surface area (Å²) in [4.78, 5) is 48.2. The first-order valence-corrected chi connectivity index (χ1v) is 21.7. The van der Waals surface area contributed by atoms with Crippen LogP contribution in [0.25, 0.3) is 22.1 Å². The van der Waals surface area contributed by atoms with E-state index in [-0.39, 0.29) is 71.6 Å². The molecule has 2 N–H and O–H groups in total. The summed E-state index contributed by atoms with van der Waals surface area (Å²) in [6.45, 7) is 14.8. The molecule has 10 nitrogen and oxygen atoms in total. The molecule has 4 aromatic rings. The smallest absolute Gasteiger partial charge is 0.335 e. The summed E-state index contributed by atoms with van der Waals surface area (Å²) in [6, 6.07) is 10.9. The van der Waals surface area contributed by atoms with Crippen LogP contribution >= 0.6 is 0 Å². The number of benzene rings is 2. The van der Waals surface area contributed by atoms with Crippen molar-refractivity contribution in [1.82, 2.24) is 29.3 Å². The van der Waals surface area contributed by atoms with Crippen LogP contribution in [-0.4, -0.2) is 77.9 Å². The number of alkyl halides is 4. The number of halogens is 4. The molecule has 1 unspecified atom stereocenters. The quantitative estimate of drug-likeness (QED) is 0.171. The number of likely N-dealkylation sites (tertiary alicyclic amines) is 1. The van der Waals surface area contributed by atoms with Gasteiger partial charge in [0.25, 0.3) is 5.91 Å². The predicted octanol–water partition coefficient (Wildman–Crippen LogP) is 9.76. The van der Waals surface area contributed by atoms with Crippen LogP contribution in [0.3, 0.4) is 0 Å². The van der Waals surface area contributed by atoms with Gasteiger partial charge in [0, 0.05) is 74.3 Å². The van der Waals surface area contributed by atoms with Gasteiger partial charge in [0.2, 0.25) is 17.8 Å². The van der Waals surface area contributed by atoms with E-state index in [2.05, 4.69) is 61.0 Å². The summed E-state index contributed by atoms with van der Waals surface area (Å²) < 4.78 is 58.5. The third-order valence-electron chi connectivity index (χ3n) is 12.7. The molecule has 2 amide bonds. The summed E-state index contributed by atoms with van der Waals surface area (Å²) in [7, 11) is 0. The number of carbonyl (C=O) groups is 3. The van der Waals surface area contributed by atoms with Crippen LogP contribution in [0.2, 0.25) is 0 Å². The number of amides is 2. The predicted molar refractivity (Wildman–Crippen MR) is 223 cm³/mol. The Labute approximate surface area is 349 Å². The molecular weight excluding hydrogens is 777 g/mol. The van der Waals surface area contributed by atoms with Gasteiger partial charge in [-0.1, -0.05) is 41.5 Å². The molecule has 1 aliphatic heterocycles. The summed E-state index contributed by atoms with van der Waals surface area (Å²) >= 11 is 0. The van der Waals surface area contributed by atoms with E-state index in [4.69, 9.17) is 4.98 Å². The van der Waals surface area contributed by atoms with Gasteiger partial charge in [0.1, 0.15) is 11.6 Å². The van der Waals surface area contributed by atoms with E-state index < -0.39 is 17.8 Å². The maximum Gasteiger partial charge on any atom is 0.335 e. The zero-order valence-corrected chi connectivity index (χ0v) is 35.8. The number of fused-ring (bicyclic) bond motifs is 2. The lowest BCUT2D eigenvalue weighted by Crippen LogP contribution is -2.35. The number of aromatic nitrogens is 4. The number of rotatable bonds is 8. The average molecular weight is 837 g/mol. The van der Waals surface area contributed by atoms with Gasteiger partial charge >= 0.3 is 5.97 Å². The van der Waals surface area contributed by atoms with E-state index >= 15 is 0 Å². The van der Waals surface area contributed by atoms with Crippen LogP contribution in [0.15, 0.2) is 36.4 Å². The van der Waals surface area contributed by atoms with Crippen LogP contribution in [-0.2, 0) is 28.7 Å². The van der Waals surface area contributed by atoms with Gasteiger partial charge in [-0.3, -0.25) is 9.59 Å². The Balaban J connectivity index is 0.000000192. The minimum atomic E-state index is -2.54. The molecule has 3 heterocycles. The van der Waals surface area contributed by atoms with Gasteiger partial charge in [-0.05, 0) is 93.2 Å². The number of nitrogens with one attached hydrogen (secondary N) is 1. The Morgan fingerprint density at radius 2 is 1.15 bits per heavy atom. The molecule has 0 spiro atoms. The standard InChI is InChI=1S/C27H36F2N4O2.C19H24F2N2O2/c1-26(2,3)25-31-21-14-18(24(35)32-13-10-19(16-32)23(34)30-20-5-6-20)4-7-22(21)33(25)15-17-8-11-27(28,29)12-9-17;1-18(2,3)17-22-14-10-13(16(24)25)4-5-15(14)23(17)11-12-6-8-19(20,21)9-7-12/h4,7,14,17,19-20H,5-6,8-13,15-16H2,1-3H3,(H,30,34);4-5,10,12H,6-9,11H2,1-3H3,(H,24,25). The molecule has 0 bridgehead atoms. The van der Waals surface area contributed by atoms with Gasteiger partial charge in [-0.15, -0.1) is 0 Å². The molecule has 2 aromatic heterocycles. The summed E-state index contributed by atoms with van der Waals surface area (Å²) in [6.07, 6.45) is 4.61. The third kappa shape index (κ3) is 9.99. The summed E-state index contributed by atoms with van der Waals surface area (Å²) in [5, 5.41) is 12.2. The molecule has 4 aliphatic rings. The third-order valence-corrected chi connectivity index (χ3v) is 12.7. The Morgan fingerprint density at radius 3 is 1.58 bits per heavy atom. The largest absolute Gasteiger partial charge is 0.478 e. The number of hydrogen-bond donors (Lipinski definition) is 2. The number of imidazole rings is 2. The molecule has 3 saturated carbocycles. The van der Waals surface area contributed by atoms with E-state index in [0.29, 0.717) is 75.4 Å². The molecule has 14 heteroatoms. The van der Waals surface area contributed by atoms with Crippen molar-refractivity contribution in [1.29, 1.82) is 0 Å². The maximum absolute atomic E-state index is 13.7. The Morgan fingerprint density at radius 1 is 0.700 bits per heavy atom.